The fourth-order valence-electron chi connectivity index (χ4n) is 4.74. The van der Waals surface area contributed by atoms with Crippen LogP contribution in [0.5, 0.6) is 0 Å². The summed E-state index contributed by atoms with van der Waals surface area (Å²) in [5.74, 6) is 1.76. The molecule has 0 unspecified atom stereocenters. The van der Waals surface area contributed by atoms with Crippen molar-refractivity contribution in [3.63, 3.8) is 0 Å². The van der Waals surface area contributed by atoms with Crippen molar-refractivity contribution in [2.75, 3.05) is 0 Å². The van der Waals surface area contributed by atoms with E-state index in [4.69, 9.17) is 0 Å². The van der Waals surface area contributed by atoms with E-state index in [1.54, 1.807) is 6.07 Å². The van der Waals surface area contributed by atoms with Gasteiger partial charge in [-0.25, -0.2) is 4.39 Å². The van der Waals surface area contributed by atoms with Crippen LogP contribution in [-0.2, 0) is 12.8 Å². The molecule has 156 valence electrons. The van der Waals surface area contributed by atoms with Crippen molar-refractivity contribution in [3.8, 4) is 11.1 Å². The van der Waals surface area contributed by atoms with E-state index in [0.29, 0.717) is 5.56 Å². The molecule has 0 saturated heterocycles. The van der Waals surface area contributed by atoms with E-state index in [2.05, 4.69) is 37.8 Å². The average molecular weight is 393 g/mol. The summed E-state index contributed by atoms with van der Waals surface area (Å²) in [5, 5.41) is 0. The molecule has 1 heteroatoms. The van der Waals surface area contributed by atoms with Crippen LogP contribution in [0.4, 0.5) is 4.39 Å². The second-order valence-electron chi connectivity index (χ2n) is 8.91. The third-order valence-corrected chi connectivity index (χ3v) is 6.71. The maximum atomic E-state index is 14.5. The molecule has 0 amide bonds. The predicted molar refractivity (Wildman–Crippen MR) is 124 cm³/mol. The highest BCUT2D eigenvalue weighted by Gasteiger charge is 2.20. The lowest BCUT2D eigenvalue weighted by Gasteiger charge is -2.28. The summed E-state index contributed by atoms with van der Waals surface area (Å²) < 4.78 is 14.5. The molecule has 1 fully saturated rings. The number of unbranched alkanes of at least 4 members (excludes halogenated alkanes) is 1. The molecule has 0 atom stereocenters. The number of rotatable bonds is 10. The van der Waals surface area contributed by atoms with Crippen molar-refractivity contribution in [3.05, 3.63) is 72.1 Å². The maximum Gasteiger partial charge on any atom is 0.131 e. The molecule has 1 aliphatic rings. The molecular weight excluding hydrogens is 355 g/mol. The van der Waals surface area contributed by atoms with Gasteiger partial charge in [0, 0.05) is 5.56 Å². The molecule has 1 aliphatic carbocycles. The molecular formula is C28H37F. The number of allylic oxidation sites excluding steroid dienone is 1. The number of hydrogen-bond donors (Lipinski definition) is 0. The van der Waals surface area contributed by atoms with E-state index in [-0.39, 0.29) is 5.82 Å². The molecule has 0 aliphatic heterocycles. The van der Waals surface area contributed by atoms with Gasteiger partial charge in [-0.3, -0.25) is 0 Å². The lowest BCUT2D eigenvalue weighted by molar-refractivity contribution is 0.250. The largest absolute Gasteiger partial charge is 0.206 e. The first-order chi connectivity index (χ1) is 14.2. The van der Waals surface area contributed by atoms with Crippen LogP contribution in [-0.4, -0.2) is 0 Å². The minimum absolute atomic E-state index is 0.126. The first kappa shape index (κ1) is 21.8. The van der Waals surface area contributed by atoms with Gasteiger partial charge in [0.05, 0.1) is 0 Å². The summed E-state index contributed by atoms with van der Waals surface area (Å²) in [6.07, 6.45) is 15.9. The molecule has 0 spiro atoms. The van der Waals surface area contributed by atoms with E-state index >= 15 is 0 Å². The van der Waals surface area contributed by atoms with Gasteiger partial charge >= 0.3 is 0 Å². The molecule has 3 rings (SSSR count). The van der Waals surface area contributed by atoms with Crippen molar-refractivity contribution in [2.24, 2.45) is 11.8 Å². The van der Waals surface area contributed by atoms with Crippen LogP contribution in [0.2, 0.25) is 0 Å². The lowest BCUT2D eigenvalue weighted by atomic mass is 9.78. The van der Waals surface area contributed by atoms with Crippen molar-refractivity contribution < 1.29 is 4.39 Å². The number of hydrogen-bond acceptors (Lipinski definition) is 0. The molecule has 29 heavy (non-hydrogen) atoms. The Morgan fingerprint density at radius 2 is 1.55 bits per heavy atom. The van der Waals surface area contributed by atoms with Gasteiger partial charge in [0.15, 0.2) is 0 Å². The third-order valence-electron chi connectivity index (χ3n) is 6.71. The van der Waals surface area contributed by atoms with Gasteiger partial charge in [-0.15, -0.1) is 6.58 Å². The van der Waals surface area contributed by atoms with Crippen LogP contribution in [0.1, 0.15) is 75.8 Å². The minimum Gasteiger partial charge on any atom is -0.206 e. The second kappa shape index (κ2) is 11.3. The number of aryl methyl sites for hydroxylation is 2. The Morgan fingerprint density at radius 3 is 2.17 bits per heavy atom. The van der Waals surface area contributed by atoms with Gasteiger partial charge in [-0.1, -0.05) is 94.3 Å². The van der Waals surface area contributed by atoms with E-state index < -0.39 is 0 Å². The standard InChI is InChI=1S/C28H37F/c1-3-5-7-22-9-11-23(12-10-22)13-14-24-15-18-26(19-16-24)27-20-17-25(8-6-4-2)21-28(27)29/h4,15-23H,2-3,5-14H2,1H3. The van der Waals surface area contributed by atoms with E-state index in [1.165, 1.54) is 56.9 Å². The normalized spacial score (nSPS) is 19.2. The van der Waals surface area contributed by atoms with Crippen molar-refractivity contribution in [2.45, 2.75) is 77.6 Å². The van der Waals surface area contributed by atoms with E-state index in [0.717, 1.165) is 42.2 Å². The van der Waals surface area contributed by atoms with Crippen molar-refractivity contribution in [1.29, 1.82) is 0 Å². The number of benzene rings is 2. The van der Waals surface area contributed by atoms with Crippen LogP contribution >= 0.6 is 0 Å². The molecule has 0 heterocycles. The molecule has 2 aromatic carbocycles. The Balaban J connectivity index is 1.50. The van der Waals surface area contributed by atoms with Crippen LogP contribution in [0.15, 0.2) is 55.1 Å². The van der Waals surface area contributed by atoms with Crippen LogP contribution in [0.25, 0.3) is 11.1 Å². The smallest absolute Gasteiger partial charge is 0.131 e. The molecule has 0 nitrogen and oxygen atoms in total. The highest BCUT2D eigenvalue weighted by molar-refractivity contribution is 5.64. The SMILES string of the molecule is C=CCCc1ccc(-c2ccc(CCC3CCC(CCCC)CC3)cc2)c(F)c1. The van der Waals surface area contributed by atoms with Gasteiger partial charge in [-0.05, 0) is 60.3 Å². The van der Waals surface area contributed by atoms with Crippen molar-refractivity contribution >= 4 is 0 Å². The number of halogens is 1. The zero-order valence-corrected chi connectivity index (χ0v) is 18.1. The monoisotopic (exact) mass is 392 g/mol. The highest BCUT2D eigenvalue weighted by atomic mass is 19.1. The van der Waals surface area contributed by atoms with Crippen LogP contribution < -0.4 is 0 Å². The molecule has 0 N–H and O–H groups in total. The van der Waals surface area contributed by atoms with Crippen molar-refractivity contribution in [1.82, 2.24) is 0 Å². The average Bonchev–Trinajstić information content (AvgIpc) is 2.76. The molecule has 0 radical (unpaired) electrons. The minimum atomic E-state index is -0.126. The van der Waals surface area contributed by atoms with Gasteiger partial charge in [-0.2, -0.15) is 0 Å². The fraction of sp³-hybridized carbons (Fsp3) is 0.500. The maximum absolute atomic E-state index is 14.5. The zero-order chi connectivity index (χ0) is 20.5. The summed E-state index contributed by atoms with van der Waals surface area (Å²) >= 11 is 0. The summed E-state index contributed by atoms with van der Waals surface area (Å²) in [5.41, 5.74) is 4.08. The highest BCUT2D eigenvalue weighted by Crippen LogP contribution is 2.34. The Labute approximate surface area is 177 Å². The second-order valence-corrected chi connectivity index (χ2v) is 8.91. The van der Waals surface area contributed by atoms with Crippen LogP contribution in [0.3, 0.4) is 0 Å². The summed E-state index contributed by atoms with van der Waals surface area (Å²) in [6.45, 7) is 6.03. The third kappa shape index (κ3) is 6.56. The Morgan fingerprint density at radius 1 is 0.897 bits per heavy atom. The summed E-state index contributed by atoms with van der Waals surface area (Å²) in [7, 11) is 0. The first-order valence-electron chi connectivity index (χ1n) is 11.7. The first-order valence-corrected chi connectivity index (χ1v) is 11.7. The molecule has 0 aromatic heterocycles. The Bertz CT molecular complexity index is 750. The van der Waals surface area contributed by atoms with E-state index in [9.17, 15) is 4.39 Å². The molecule has 2 aromatic rings. The van der Waals surface area contributed by atoms with Gasteiger partial charge in [0.25, 0.3) is 0 Å². The molecule has 0 bridgehead atoms. The molecule has 1 saturated carbocycles. The zero-order valence-electron chi connectivity index (χ0n) is 18.1. The van der Waals surface area contributed by atoms with Crippen LogP contribution in [0, 0.1) is 17.7 Å². The fourth-order valence-corrected chi connectivity index (χ4v) is 4.74. The quantitative estimate of drug-likeness (QED) is 0.355. The summed E-state index contributed by atoms with van der Waals surface area (Å²) in [6, 6.07) is 14.2. The summed E-state index contributed by atoms with van der Waals surface area (Å²) in [4.78, 5) is 0. The Hall–Kier alpha value is -1.89. The predicted octanol–water partition coefficient (Wildman–Crippen LogP) is 8.54. The Kier molecular flexibility index (Phi) is 8.52. The van der Waals surface area contributed by atoms with Gasteiger partial charge in [0.1, 0.15) is 5.82 Å². The van der Waals surface area contributed by atoms with E-state index in [1.807, 2.05) is 18.2 Å². The van der Waals surface area contributed by atoms with Gasteiger partial charge in [0.2, 0.25) is 0 Å². The topological polar surface area (TPSA) is 0 Å². The lowest BCUT2D eigenvalue weighted by Crippen LogP contribution is -2.15. The van der Waals surface area contributed by atoms with Gasteiger partial charge < -0.3 is 0 Å².